The molecule has 0 radical (unpaired) electrons. The predicted octanol–water partition coefficient (Wildman–Crippen LogP) is 3.33. The zero-order valence-electron chi connectivity index (χ0n) is 18.8. The molecule has 0 bridgehead atoms. The molecule has 1 aromatic rings. The lowest BCUT2D eigenvalue weighted by atomic mass is 9.89. The maximum Gasteiger partial charge on any atom is 0.231 e. The lowest BCUT2D eigenvalue weighted by molar-refractivity contribution is -0.130. The van der Waals surface area contributed by atoms with E-state index in [1.165, 1.54) is 4.90 Å². The average molecular weight is 447 g/mol. The first-order valence-electron chi connectivity index (χ1n) is 10.8. The van der Waals surface area contributed by atoms with Crippen LogP contribution in [0.15, 0.2) is 17.1 Å². The molecule has 8 heteroatoms. The first-order valence-corrected chi connectivity index (χ1v) is 11.2. The van der Waals surface area contributed by atoms with Crippen molar-refractivity contribution in [1.82, 2.24) is 10.2 Å². The molecule has 3 unspecified atom stereocenters. The maximum atomic E-state index is 13.0. The lowest BCUT2D eigenvalue weighted by Gasteiger charge is -2.38. The number of benzene rings is 1. The number of carbonyl (C=O) groups excluding carboxylic acids is 2. The van der Waals surface area contributed by atoms with Crippen molar-refractivity contribution in [1.29, 1.82) is 0 Å². The summed E-state index contributed by atoms with van der Waals surface area (Å²) in [6, 6.07) is 3.65. The van der Waals surface area contributed by atoms with Crippen LogP contribution >= 0.6 is 11.6 Å². The molecule has 0 spiro atoms. The van der Waals surface area contributed by atoms with E-state index in [2.05, 4.69) is 10.3 Å². The Bertz CT molecular complexity index is 972. The minimum atomic E-state index is -0.471. The van der Waals surface area contributed by atoms with Crippen LogP contribution in [-0.2, 0) is 9.59 Å². The third kappa shape index (κ3) is 4.52. The highest BCUT2D eigenvalue weighted by Gasteiger charge is 2.47. The van der Waals surface area contributed by atoms with Gasteiger partial charge in [0.05, 0.1) is 18.0 Å². The second-order valence-corrected chi connectivity index (χ2v) is 10.7. The second kappa shape index (κ2) is 7.40. The number of nitrogens with one attached hydrogen (secondary N) is 1. The number of nitrogens with two attached hydrogens (primary N) is 1. The summed E-state index contributed by atoms with van der Waals surface area (Å²) in [5.41, 5.74) is 7.01. The van der Waals surface area contributed by atoms with Crippen LogP contribution in [0.25, 0.3) is 0 Å². The van der Waals surface area contributed by atoms with Crippen LogP contribution in [0.3, 0.4) is 0 Å². The zero-order chi connectivity index (χ0) is 22.7. The molecule has 1 saturated carbocycles. The molecule has 2 aliphatic heterocycles. The SMILES string of the molecule is Cc1cc2c(cc1Cl)C(NC(=O)C1CC1CN1C(=O)CC(C)(C)N=C1N)CC(C)(C)O2. The molecule has 168 valence electrons. The highest BCUT2D eigenvalue weighted by molar-refractivity contribution is 6.31. The molecule has 31 heavy (non-hydrogen) atoms. The molecule has 7 nitrogen and oxygen atoms in total. The van der Waals surface area contributed by atoms with Gasteiger partial charge in [-0.25, -0.2) is 4.99 Å². The lowest BCUT2D eigenvalue weighted by Crippen LogP contribution is -2.50. The van der Waals surface area contributed by atoms with Crippen LogP contribution in [0.5, 0.6) is 5.75 Å². The van der Waals surface area contributed by atoms with Gasteiger partial charge in [0, 0.05) is 29.5 Å². The number of halogens is 1. The van der Waals surface area contributed by atoms with Gasteiger partial charge in [0.2, 0.25) is 11.8 Å². The highest BCUT2D eigenvalue weighted by atomic mass is 35.5. The second-order valence-electron chi connectivity index (χ2n) is 10.3. The van der Waals surface area contributed by atoms with Gasteiger partial charge in [-0.15, -0.1) is 0 Å². The minimum absolute atomic E-state index is 0.00403. The van der Waals surface area contributed by atoms with E-state index in [4.69, 9.17) is 22.1 Å². The Labute approximate surface area is 188 Å². The summed E-state index contributed by atoms with van der Waals surface area (Å²) >= 11 is 6.34. The van der Waals surface area contributed by atoms with Crippen molar-refractivity contribution in [3.63, 3.8) is 0 Å². The number of fused-ring (bicyclic) bond motifs is 1. The fraction of sp³-hybridized carbons (Fsp3) is 0.609. The molecule has 3 N–H and O–H groups in total. The highest BCUT2D eigenvalue weighted by Crippen LogP contribution is 2.44. The summed E-state index contributed by atoms with van der Waals surface area (Å²) in [6.45, 7) is 10.2. The fourth-order valence-corrected chi connectivity index (χ4v) is 4.76. The van der Waals surface area contributed by atoms with Crippen LogP contribution in [0, 0.1) is 18.8 Å². The Balaban J connectivity index is 1.43. The third-order valence-corrected chi connectivity index (χ3v) is 6.73. The van der Waals surface area contributed by atoms with E-state index in [-0.39, 0.29) is 35.7 Å². The number of aryl methyl sites for hydroxylation is 1. The van der Waals surface area contributed by atoms with Crippen molar-refractivity contribution in [3.8, 4) is 5.75 Å². The van der Waals surface area contributed by atoms with Gasteiger partial charge in [-0.1, -0.05) is 11.6 Å². The van der Waals surface area contributed by atoms with E-state index in [9.17, 15) is 9.59 Å². The summed E-state index contributed by atoms with van der Waals surface area (Å²) in [6.07, 6.45) is 1.72. The molecule has 1 aliphatic carbocycles. The first kappa shape index (κ1) is 21.9. The van der Waals surface area contributed by atoms with Gasteiger partial charge in [0.25, 0.3) is 0 Å². The molecule has 1 fully saturated rings. The maximum absolute atomic E-state index is 13.0. The standard InChI is InChI=1S/C23H31ClN4O3/c1-12-6-18-15(8-16(12)24)17(9-23(4,5)31-18)26-20(30)14-7-13(14)11-28-19(29)10-22(2,3)27-21(28)25/h6,8,13-14,17H,7,9-11H2,1-5H3,(H2,25,27)(H,26,30). The van der Waals surface area contributed by atoms with Crippen LogP contribution in [0.1, 0.15) is 64.1 Å². The molecule has 2 amide bonds. The van der Waals surface area contributed by atoms with Crippen LogP contribution in [0.2, 0.25) is 5.02 Å². The number of carbonyl (C=O) groups is 2. The summed E-state index contributed by atoms with van der Waals surface area (Å²) in [7, 11) is 0. The number of hydrogen-bond acceptors (Lipinski definition) is 5. The Kier molecular flexibility index (Phi) is 5.23. The number of amides is 2. The topological polar surface area (TPSA) is 97.0 Å². The molecule has 0 aromatic heterocycles. The summed E-state index contributed by atoms with van der Waals surface area (Å²) in [5, 5.41) is 3.86. The molecule has 1 aromatic carbocycles. The number of aliphatic imine (C=N–C) groups is 1. The average Bonchev–Trinajstić information content (AvgIpc) is 3.38. The van der Waals surface area contributed by atoms with E-state index >= 15 is 0 Å². The van der Waals surface area contributed by atoms with Gasteiger partial charge in [0.15, 0.2) is 5.96 Å². The largest absolute Gasteiger partial charge is 0.487 e. The number of guanidine groups is 1. The summed E-state index contributed by atoms with van der Waals surface area (Å²) in [4.78, 5) is 31.4. The van der Waals surface area contributed by atoms with Gasteiger partial charge < -0.3 is 15.8 Å². The van der Waals surface area contributed by atoms with Crippen molar-refractivity contribution >= 4 is 29.4 Å². The van der Waals surface area contributed by atoms with Gasteiger partial charge in [-0.3, -0.25) is 14.5 Å². The Morgan fingerprint density at radius 1 is 1.35 bits per heavy atom. The Morgan fingerprint density at radius 2 is 2.06 bits per heavy atom. The molecular weight excluding hydrogens is 416 g/mol. The minimum Gasteiger partial charge on any atom is -0.487 e. The predicted molar refractivity (Wildman–Crippen MR) is 120 cm³/mol. The van der Waals surface area contributed by atoms with Crippen molar-refractivity contribution < 1.29 is 14.3 Å². The van der Waals surface area contributed by atoms with Crippen molar-refractivity contribution in [2.45, 2.75) is 71.1 Å². The van der Waals surface area contributed by atoms with Gasteiger partial charge in [-0.05, 0) is 64.7 Å². The normalized spacial score (nSPS) is 28.3. The van der Waals surface area contributed by atoms with E-state index < -0.39 is 11.1 Å². The monoisotopic (exact) mass is 446 g/mol. The number of nitrogens with zero attached hydrogens (tertiary/aromatic N) is 2. The van der Waals surface area contributed by atoms with E-state index in [1.54, 1.807) is 0 Å². The Hall–Kier alpha value is -2.28. The zero-order valence-corrected chi connectivity index (χ0v) is 19.5. The molecule has 3 atom stereocenters. The molecule has 2 heterocycles. The molecule has 4 rings (SSSR count). The van der Waals surface area contributed by atoms with Gasteiger partial charge in [0.1, 0.15) is 11.4 Å². The number of ether oxygens (including phenoxy) is 1. The number of hydrogen-bond donors (Lipinski definition) is 2. The van der Waals surface area contributed by atoms with Crippen molar-refractivity contribution in [3.05, 3.63) is 28.3 Å². The smallest absolute Gasteiger partial charge is 0.231 e. The third-order valence-electron chi connectivity index (χ3n) is 6.32. The quantitative estimate of drug-likeness (QED) is 0.741. The van der Waals surface area contributed by atoms with Crippen LogP contribution in [-0.4, -0.2) is 40.4 Å². The summed E-state index contributed by atoms with van der Waals surface area (Å²) < 4.78 is 6.12. The molecule has 3 aliphatic rings. The number of rotatable bonds is 4. The van der Waals surface area contributed by atoms with Crippen LogP contribution < -0.4 is 15.8 Å². The van der Waals surface area contributed by atoms with Crippen molar-refractivity contribution in [2.75, 3.05) is 6.54 Å². The van der Waals surface area contributed by atoms with Gasteiger partial charge >= 0.3 is 0 Å². The molecule has 0 saturated heterocycles. The van der Waals surface area contributed by atoms with E-state index in [0.29, 0.717) is 24.4 Å². The van der Waals surface area contributed by atoms with Gasteiger partial charge in [-0.2, -0.15) is 0 Å². The summed E-state index contributed by atoms with van der Waals surface area (Å²) in [5.74, 6) is 0.932. The van der Waals surface area contributed by atoms with E-state index in [0.717, 1.165) is 23.3 Å². The molecular formula is C23H31ClN4O3. The van der Waals surface area contributed by atoms with E-state index in [1.807, 2.05) is 46.8 Å². The first-order chi connectivity index (χ1) is 14.3. The van der Waals surface area contributed by atoms with Crippen LogP contribution in [0.4, 0.5) is 0 Å². The fourth-order valence-electron chi connectivity index (χ4n) is 4.58. The van der Waals surface area contributed by atoms with Crippen molar-refractivity contribution in [2.24, 2.45) is 22.6 Å². The Morgan fingerprint density at radius 3 is 2.74 bits per heavy atom.